The third-order valence-corrected chi connectivity index (χ3v) is 2.16. The molecule has 2 aromatic heterocycles. The van der Waals surface area contributed by atoms with Crippen molar-refractivity contribution in [2.45, 2.75) is 0 Å². The summed E-state index contributed by atoms with van der Waals surface area (Å²) in [7, 11) is 0. The molecule has 0 amide bonds. The molecule has 0 aliphatic heterocycles. The summed E-state index contributed by atoms with van der Waals surface area (Å²) < 4.78 is 0.508. The van der Waals surface area contributed by atoms with Gasteiger partial charge in [0.1, 0.15) is 0 Å². The maximum absolute atomic E-state index is 11.4. The van der Waals surface area contributed by atoms with Crippen LogP contribution in [0.5, 0.6) is 0 Å². The van der Waals surface area contributed by atoms with Crippen molar-refractivity contribution in [1.82, 2.24) is 15.0 Å². The Hall–Kier alpha value is -1.49. The first-order chi connectivity index (χ1) is 6.77. The van der Waals surface area contributed by atoms with Gasteiger partial charge in [0.2, 0.25) is 0 Å². The van der Waals surface area contributed by atoms with Gasteiger partial charge in [-0.15, -0.1) is 0 Å². The van der Waals surface area contributed by atoms with Gasteiger partial charge in [0.15, 0.2) is 4.73 Å². The van der Waals surface area contributed by atoms with E-state index in [0.717, 1.165) is 0 Å². The first-order valence-electron chi connectivity index (χ1n) is 3.93. The number of halogens is 1. The molecular weight excluding hydrogens is 246 g/mol. The number of nitrogens with zero attached hydrogens (tertiary/aromatic N) is 2. The number of hydrogen-bond donors (Lipinski definition) is 1. The van der Waals surface area contributed by atoms with Crippen LogP contribution in [0.25, 0.3) is 11.1 Å². The molecule has 70 valence electrons. The highest BCUT2D eigenvalue weighted by Gasteiger charge is 2.02. The van der Waals surface area contributed by atoms with Crippen molar-refractivity contribution in [3.05, 3.63) is 45.8 Å². The highest BCUT2D eigenvalue weighted by molar-refractivity contribution is 9.10. The molecule has 2 heterocycles. The quantitative estimate of drug-likeness (QED) is 0.784. The van der Waals surface area contributed by atoms with Gasteiger partial charge in [-0.05, 0) is 28.1 Å². The second kappa shape index (κ2) is 3.71. The molecule has 0 bridgehead atoms. The molecule has 5 heteroatoms. The maximum Gasteiger partial charge on any atom is 0.255 e. The standard InChI is InChI=1S/C9H6BrN3O/c10-9-12-4-6(5-13-9)7-2-1-3-11-8(7)14/h1-5H,(H,11,14). The van der Waals surface area contributed by atoms with E-state index in [1.54, 1.807) is 30.7 Å². The van der Waals surface area contributed by atoms with Crippen LogP contribution in [0.3, 0.4) is 0 Å². The van der Waals surface area contributed by atoms with Gasteiger partial charge in [0.25, 0.3) is 5.56 Å². The fourth-order valence-electron chi connectivity index (χ4n) is 1.10. The Kier molecular flexibility index (Phi) is 2.41. The fourth-order valence-corrected chi connectivity index (χ4v) is 1.31. The predicted molar refractivity (Wildman–Crippen MR) is 55.8 cm³/mol. The van der Waals surface area contributed by atoms with Crippen molar-refractivity contribution in [3.63, 3.8) is 0 Å². The number of aromatic nitrogens is 3. The molecule has 0 fully saturated rings. The molecular formula is C9H6BrN3O. The van der Waals surface area contributed by atoms with E-state index in [4.69, 9.17) is 0 Å². The summed E-state index contributed by atoms with van der Waals surface area (Å²) in [5.74, 6) is 0. The summed E-state index contributed by atoms with van der Waals surface area (Å²) >= 11 is 3.13. The molecule has 0 saturated carbocycles. The van der Waals surface area contributed by atoms with Crippen LogP contribution in [-0.2, 0) is 0 Å². The normalized spacial score (nSPS) is 10.1. The molecule has 0 saturated heterocycles. The van der Waals surface area contributed by atoms with Crippen LogP contribution >= 0.6 is 15.9 Å². The SMILES string of the molecule is O=c1[nH]cccc1-c1cnc(Br)nc1. The Morgan fingerprint density at radius 1 is 1.29 bits per heavy atom. The zero-order valence-corrected chi connectivity index (χ0v) is 8.65. The molecule has 0 atom stereocenters. The van der Waals surface area contributed by atoms with Crippen molar-refractivity contribution in [2.75, 3.05) is 0 Å². The Morgan fingerprint density at radius 3 is 2.64 bits per heavy atom. The van der Waals surface area contributed by atoms with Crippen LogP contribution in [-0.4, -0.2) is 15.0 Å². The summed E-state index contributed by atoms with van der Waals surface area (Å²) in [6, 6.07) is 3.49. The van der Waals surface area contributed by atoms with Crippen LogP contribution < -0.4 is 5.56 Å². The van der Waals surface area contributed by atoms with Gasteiger partial charge in [-0.2, -0.15) is 0 Å². The molecule has 0 unspecified atom stereocenters. The van der Waals surface area contributed by atoms with Crippen LogP contribution in [0.1, 0.15) is 0 Å². The van der Waals surface area contributed by atoms with E-state index in [-0.39, 0.29) is 5.56 Å². The zero-order chi connectivity index (χ0) is 9.97. The number of nitrogens with one attached hydrogen (secondary N) is 1. The van der Waals surface area contributed by atoms with Gasteiger partial charge in [0, 0.05) is 24.2 Å². The molecule has 0 spiro atoms. The van der Waals surface area contributed by atoms with E-state index >= 15 is 0 Å². The highest BCUT2D eigenvalue weighted by Crippen LogP contribution is 2.12. The van der Waals surface area contributed by atoms with Gasteiger partial charge in [-0.1, -0.05) is 0 Å². The lowest BCUT2D eigenvalue weighted by Crippen LogP contribution is -2.07. The van der Waals surface area contributed by atoms with Crippen molar-refractivity contribution in [1.29, 1.82) is 0 Å². The smallest absolute Gasteiger partial charge is 0.255 e. The molecule has 2 rings (SSSR count). The van der Waals surface area contributed by atoms with Crippen molar-refractivity contribution < 1.29 is 0 Å². The number of aromatic amines is 1. The van der Waals surface area contributed by atoms with Crippen molar-refractivity contribution in [2.24, 2.45) is 0 Å². The summed E-state index contributed by atoms with van der Waals surface area (Å²) in [6.45, 7) is 0. The van der Waals surface area contributed by atoms with Crippen molar-refractivity contribution >= 4 is 15.9 Å². The fraction of sp³-hybridized carbons (Fsp3) is 0. The molecule has 2 aromatic rings. The summed E-state index contributed by atoms with van der Waals surface area (Å²) in [6.07, 6.45) is 4.79. The van der Waals surface area contributed by atoms with E-state index in [2.05, 4.69) is 30.9 Å². The Balaban J connectivity index is 2.56. The minimum atomic E-state index is -0.140. The minimum absolute atomic E-state index is 0.140. The molecule has 0 aliphatic rings. The van der Waals surface area contributed by atoms with Gasteiger partial charge < -0.3 is 4.98 Å². The number of rotatable bonds is 1. The van der Waals surface area contributed by atoms with Gasteiger partial charge >= 0.3 is 0 Å². The number of H-pyrrole nitrogens is 1. The molecule has 14 heavy (non-hydrogen) atoms. The van der Waals surface area contributed by atoms with Crippen molar-refractivity contribution in [3.8, 4) is 11.1 Å². The second-order valence-electron chi connectivity index (χ2n) is 2.65. The van der Waals surface area contributed by atoms with Crippen LogP contribution in [0.4, 0.5) is 0 Å². The topological polar surface area (TPSA) is 58.6 Å². The van der Waals surface area contributed by atoms with Gasteiger partial charge in [0.05, 0.1) is 5.56 Å². The first-order valence-corrected chi connectivity index (χ1v) is 4.72. The third kappa shape index (κ3) is 1.72. The summed E-state index contributed by atoms with van der Waals surface area (Å²) in [5, 5.41) is 0. The van der Waals surface area contributed by atoms with Crippen LogP contribution in [0.2, 0.25) is 0 Å². The average molecular weight is 252 g/mol. The van der Waals surface area contributed by atoms with Gasteiger partial charge in [-0.25, -0.2) is 9.97 Å². The average Bonchev–Trinajstić information content (AvgIpc) is 2.20. The van der Waals surface area contributed by atoms with Crippen LogP contribution in [0.15, 0.2) is 40.3 Å². The van der Waals surface area contributed by atoms with E-state index < -0.39 is 0 Å². The Morgan fingerprint density at radius 2 is 2.00 bits per heavy atom. The second-order valence-corrected chi connectivity index (χ2v) is 3.36. The molecule has 0 aliphatic carbocycles. The number of pyridine rings is 1. The number of hydrogen-bond acceptors (Lipinski definition) is 3. The highest BCUT2D eigenvalue weighted by atomic mass is 79.9. The monoisotopic (exact) mass is 251 g/mol. The molecule has 4 nitrogen and oxygen atoms in total. The lowest BCUT2D eigenvalue weighted by molar-refractivity contribution is 1.11. The lowest BCUT2D eigenvalue weighted by atomic mass is 10.1. The zero-order valence-electron chi connectivity index (χ0n) is 7.07. The molecule has 0 radical (unpaired) electrons. The minimum Gasteiger partial charge on any atom is -0.329 e. The lowest BCUT2D eigenvalue weighted by Gasteiger charge is -1.97. The molecule has 0 aromatic carbocycles. The van der Waals surface area contributed by atoms with E-state index in [9.17, 15) is 4.79 Å². The van der Waals surface area contributed by atoms with E-state index in [1.807, 2.05) is 0 Å². The van der Waals surface area contributed by atoms with E-state index in [1.165, 1.54) is 0 Å². The summed E-state index contributed by atoms with van der Waals surface area (Å²) in [4.78, 5) is 21.9. The predicted octanol–water partition coefficient (Wildman–Crippen LogP) is 1.59. The Bertz CT molecular complexity index is 492. The first kappa shape index (κ1) is 9.08. The Labute approximate surface area is 88.2 Å². The summed E-state index contributed by atoms with van der Waals surface area (Å²) in [5.41, 5.74) is 1.13. The third-order valence-electron chi connectivity index (χ3n) is 1.75. The maximum atomic E-state index is 11.4. The van der Waals surface area contributed by atoms with Crippen LogP contribution in [0, 0.1) is 0 Å². The van der Waals surface area contributed by atoms with Gasteiger partial charge in [-0.3, -0.25) is 4.79 Å². The molecule has 1 N–H and O–H groups in total. The largest absolute Gasteiger partial charge is 0.329 e. The van der Waals surface area contributed by atoms with E-state index in [0.29, 0.717) is 15.9 Å².